The van der Waals surface area contributed by atoms with Crippen LogP contribution in [0.4, 0.5) is 0 Å². The van der Waals surface area contributed by atoms with Gasteiger partial charge in [-0.1, -0.05) is 118 Å². The molecule has 2 fully saturated rings. The topological polar surface area (TPSA) is 243 Å². The lowest BCUT2D eigenvalue weighted by Gasteiger charge is -2.44. The summed E-state index contributed by atoms with van der Waals surface area (Å²) in [5.74, 6) is -3.92. The summed E-state index contributed by atoms with van der Waals surface area (Å²) in [5.41, 5.74) is 1.18. The summed E-state index contributed by atoms with van der Waals surface area (Å²) in [6, 6.07) is 8.12. The van der Waals surface area contributed by atoms with Gasteiger partial charge in [0.05, 0.1) is 18.0 Å². The van der Waals surface area contributed by atoms with Gasteiger partial charge in [-0.05, 0) is 122 Å². The number of esters is 2. The van der Waals surface area contributed by atoms with Crippen molar-refractivity contribution in [2.24, 2.45) is 41.4 Å². The van der Waals surface area contributed by atoms with Crippen molar-refractivity contribution in [2.75, 3.05) is 27.2 Å². The normalized spacial score (nSPS) is 19.0. The number of Topliss-reactive ketones (excluding diaryl/α,β-unsaturated/α-hetero) is 3. The Morgan fingerprint density at radius 2 is 1.02 bits per heavy atom. The first-order valence-corrected chi connectivity index (χ1v) is 36.1. The molecular formula is C73H115N7O12S2. The molecule has 0 bridgehead atoms. The first-order chi connectivity index (χ1) is 43.9. The van der Waals surface area contributed by atoms with Crippen LogP contribution in [0.1, 0.15) is 257 Å². The number of hydrogen-bond acceptors (Lipinski definition) is 17. The number of amides is 3. The van der Waals surface area contributed by atoms with Crippen LogP contribution in [0.2, 0.25) is 0 Å². The third-order valence-corrected chi connectivity index (χ3v) is 21.1. The highest BCUT2D eigenvalue weighted by atomic mass is 32.1. The number of hydrogen-bond donors (Lipinski definition) is 2. The van der Waals surface area contributed by atoms with Crippen molar-refractivity contribution >= 4 is 75.7 Å². The number of ketones is 3. The highest BCUT2D eigenvalue weighted by Gasteiger charge is 2.43. The van der Waals surface area contributed by atoms with Crippen LogP contribution < -0.4 is 5.32 Å². The molecule has 19 nitrogen and oxygen atoms in total. The second-order valence-corrected chi connectivity index (χ2v) is 31.1. The average Bonchev–Trinajstić information content (AvgIpc) is 0.942. The van der Waals surface area contributed by atoms with Crippen molar-refractivity contribution in [3.8, 4) is 0 Å². The van der Waals surface area contributed by atoms with Crippen LogP contribution in [0.3, 0.4) is 0 Å². The summed E-state index contributed by atoms with van der Waals surface area (Å²) >= 11 is 2.48. The van der Waals surface area contributed by atoms with Crippen molar-refractivity contribution in [3.63, 3.8) is 0 Å². The largest absolute Gasteiger partial charge is 0.481 e. The SMILES string of the molecule is CC[C@H](C)[C@H](CC(=O)[C@H]1CCCCN1C(C)(C)C)C(=O)N(C)[C@H](C[C@@H](OC(C)=O)c1nc(C(=O)N[C@@H](Cc2ccccc2)C[C@H](C)C(=O)O)cs1)C(C)C.CC[C@H](C)[C@H](CC(=O)[C@H]1CCCCN1C(C)(C)C)C(=O)N(C)[C@H](C[C@@H](OC(C)=O)c1nc(C(C)=O)cs1)C(C)C. The fraction of sp³-hybridized carbons (Fsp3) is 0.712. The van der Waals surface area contributed by atoms with Gasteiger partial charge in [-0.2, -0.15) is 0 Å². The molecule has 0 unspecified atom stereocenters. The van der Waals surface area contributed by atoms with Crippen molar-refractivity contribution in [2.45, 2.75) is 268 Å². The van der Waals surface area contributed by atoms with Gasteiger partial charge in [-0.3, -0.25) is 53.0 Å². The molecule has 3 aromatic rings. The first kappa shape index (κ1) is 80.7. The number of likely N-dealkylation sites (tertiary alicyclic amines) is 2. The Kier molecular flexibility index (Phi) is 31.8. The van der Waals surface area contributed by atoms with E-state index in [1.807, 2.05) is 71.9 Å². The zero-order valence-corrected chi connectivity index (χ0v) is 62.0. The number of piperidine rings is 2. The Hall–Kier alpha value is -5.77. The van der Waals surface area contributed by atoms with Crippen LogP contribution in [0.5, 0.6) is 0 Å². The lowest BCUT2D eigenvalue weighted by Crippen LogP contribution is -2.54. The van der Waals surface area contributed by atoms with E-state index in [2.05, 4.69) is 80.5 Å². The minimum Gasteiger partial charge on any atom is -0.481 e. The van der Waals surface area contributed by atoms with Crippen molar-refractivity contribution in [3.05, 3.63) is 68.1 Å². The second-order valence-electron chi connectivity index (χ2n) is 29.3. The summed E-state index contributed by atoms with van der Waals surface area (Å²) in [6.07, 6.45) is 7.54. The van der Waals surface area contributed by atoms with E-state index in [0.717, 1.165) is 70.0 Å². The van der Waals surface area contributed by atoms with Crippen LogP contribution in [0, 0.1) is 41.4 Å². The molecule has 4 heterocycles. The molecule has 5 rings (SSSR count). The first-order valence-electron chi connectivity index (χ1n) is 34.4. The molecule has 1 aromatic carbocycles. The summed E-state index contributed by atoms with van der Waals surface area (Å²) in [5, 5.41) is 16.8. The highest BCUT2D eigenvalue weighted by molar-refractivity contribution is 7.10. The van der Waals surface area contributed by atoms with Gasteiger partial charge in [0, 0.05) is 112 Å². The van der Waals surface area contributed by atoms with E-state index in [0.29, 0.717) is 28.6 Å². The molecule has 3 amide bonds. The molecular weight excluding hydrogens is 1230 g/mol. The highest BCUT2D eigenvalue weighted by Crippen LogP contribution is 2.37. The minimum absolute atomic E-state index is 0.0168. The van der Waals surface area contributed by atoms with E-state index in [1.165, 1.54) is 43.4 Å². The van der Waals surface area contributed by atoms with Crippen LogP contribution >= 0.6 is 22.7 Å². The van der Waals surface area contributed by atoms with Crippen LogP contribution in [0.15, 0.2) is 41.1 Å². The fourth-order valence-corrected chi connectivity index (χ4v) is 15.1. The summed E-state index contributed by atoms with van der Waals surface area (Å²) in [6.45, 7) is 36.7. The zero-order valence-electron chi connectivity index (χ0n) is 60.4. The van der Waals surface area contributed by atoms with Gasteiger partial charge in [0.15, 0.2) is 29.6 Å². The Bertz CT molecular complexity index is 2970. The molecule has 2 aromatic heterocycles. The van der Waals surface area contributed by atoms with E-state index in [4.69, 9.17) is 9.47 Å². The lowest BCUT2D eigenvalue weighted by molar-refractivity contribution is -0.151. The summed E-state index contributed by atoms with van der Waals surface area (Å²) in [4.78, 5) is 135. The average molecular weight is 1350 g/mol. The van der Waals surface area contributed by atoms with Crippen LogP contribution in [-0.2, 0) is 49.5 Å². The van der Waals surface area contributed by atoms with Crippen molar-refractivity contribution in [1.82, 2.24) is 34.9 Å². The molecule has 526 valence electrons. The van der Waals surface area contributed by atoms with Gasteiger partial charge in [0.1, 0.15) is 21.4 Å². The quantitative estimate of drug-likeness (QED) is 0.0436. The molecule has 2 aliphatic heterocycles. The molecule has 0 aliphatic carbocycles. The Morgan fingerprint density at radius 1 is 0.617 bits per heavy atom. The second kappa shape index (κ2) is 37.1. The number of nitrogens with zero attached hydrogens (tertiary/aromatic N) is 6. The number of aliphatic carboxylic acids is 1. The molecule has 12 atom stereocenters. The number of benzene rings is 1. The van der Waals surface area contributed by atoms with Gasteiger partial charge in [-0.25, -0.2) is 9.97 Å². The molecule has 94 heavy (non-hydrogen) atoms. The maximum absolute atomic E-state index is 14.4. The number of carboxylic acid groups (broad SMARTS) is 1. The minimum atomic E-state index is -0.941. The predicted molar refractivity (Wildman–Crippen MR) is 371 cm³/mol. The third kappa shape index (κ3) is 23.8. The number of carbonyl (C=O) groups excluding carboxylic acids is 8. The van der Waals surface area contributed by atoms with E-state index in [1.54, 1.807) is 41.6 Å². The molecule has 0 saturated carbocycles. The molecule has 0 spiro atoms. The molecule has 2 N–H and O–H groups in total. The van der Waals surface area contributed by atoms with Gasteiger partial charge >= 0.3 is 17.9 Å². The molecule has 2 aliphatic rings. The number of carbonyl (C=O) groups is 9. The van der Waals surface area contributed by atoms with E-state index in [-0.39, 0.29) is 119 Å². The summed E-state index contributed by atoms with van der Waals surface area (Å²) < 4.78 is 11.5. The lowest BCUT2D eigenvalue weighted by atomic mass is 9.82. The van der Waals surface area contributed by atoms with Crippen LogP contribution in [-0.4, -0.2) is 156 Å². The van der Waals surface area contributed by atoms with Crippen molar-refractivity contribution < 1.29 is 57.7 Å². The van der Waals surface area contributed by atoms with Gasteiger partial charge < -0.3 is 29.7 Å². The smallest absolute Gasteiger partial charge is 0.306 e. The Morgan fingerprint density at radius 3 is 1.37 bits per heavy atom. The Labute approximate surface area is 570 Å². The van der Waals surface area contributed by atoms with Crippen molar-refractivity contribution in [1.29, 1.82) is 0 Å². The predicted octanol–water partition coefficient (Wildman–Crippen LogP) is 13.4. The van der Waals surface area contributed by atoms with Crippen LogP contribution in [0.25, 0.3) is 0 Å². The van der Waals surface area contributed by atoms with Gasteiger partial charge in [-0.15, -0.1) is 22.7 Å². The van der Waals surface area contributed by atoms with E-state index >= 15 is 0 Å². The number of ether oxygens (including phenoxy) is 2. The van der Waals surface area contributed by atoms with E-state index < -0.39 is 59.8 Å². The molecule has 21 heteroatoms. The van der Waals surface area contributed by atoms with E-state index in [9.17, 15) is 48.3 Å². The number of thiazole rings is 2. The Balaban J connectivity index is 0.000000419. The number of carboxylic acids is 1. The monoisotopic (exact) mass is 1350 g/mol. The fourth-order valence-electron chi connectivity index (χ4n) is 13.3. The van der Waals surface area contributed by atoms with Gasteiger partial charge in [0.2, 0.25) is 11.8 Å². The molecule has 0 radical (unpaired) electrons. The standard InChI is InChI=1S/C42H64N4O7S.C31H51N3O5S/c1-11-27(4)32(23-36(48)34-19-15-16-20-46(34)42(7,8)9)40(50)45(10)35(26(2)3)24-37(53-29(6)47)39-44-33(25-54-39)38(49)43-31(21-28(5)41(51)52)22-30-17-13-12-14-18-30;1-11-20(4)23(16-27(37)25-14-12-13-15-34(25)31(7,8)9)30(38)33(10)26(19(2)3)17-28(39-22(6)36)29-32-24(18-40-29)21(5)35/h12-14,17-18,25-28,31-32,34-35,37H,11,15-16,19-24H2,1-10H3,(H,43,49)(H,51,52);18-20,23,25-26,28H,11-17H2,1-10H3/t27-,28-,31+,32-,34+,35+,37+;20-,23-,25+,26+,28+/m00/s1. The maximum atomic E-state index is 14.4. The number of rotatable bonds is 32. The number of aromatic nitrogens is 2. The van der Waals surface area contributed by atoms with Gasteiger partial charge in [0.25, 0.3) is 5.91 Å². The maximum Gasteiger partial charge on any atom is 0.306 e. The third-order valence-electron chi connectivity index (χ3n) is 19.3. The zero-order chi connectivity index (χ0) is 70.7. The molecule has 2 saturated heterocycles. The summed E-state index contributed by atoms with van der Waals surface area (Å²) in [7, 11) is 3.56. The number of nitrogens with one attached hydrogen (secondary N) is 1.